The van der Waals surface area contributed by atoms with E-state index >= 15 is 0 Å². The van der Waals surface area contributed by atoms with E-state index in [9.17, 15) is 10.1 Å². The van der Waals surface area contributed by atoms with Crippen LogP contribution in [0.5, 0.6) is 0 Å². The van der Waals surface area contributed by atoms with Crippen LogP contribution in [0.1, 0.15) is 4.88 Å². The van der Waals surface area contributed by atoms with Gasteiger partial charge in [-0.05, 0) is 34.1 Å². The molecule has 96 valence electrons. The van der Waals surface area contributed by atoms with Crippen LogP contribution in [0.15, 0.2) is 46.4 Å². The predicted octanol–water partition coefficient (Wildman–Crippen LogP) is 4.42. The van der Waals surface area contributed by atoms with Gasteiger partial charge >= 0.3 is 0 Å². The molecule has 0 spiro atoms. The molecular formula is C13H9BrN2O2S. The van der Waals surface area contributed by atoms with Crippen molar-refractivity contribution in [2.75, 3.05) is 0 Å². The van der Waals surface area contributed by atoms with Gasteiger partial charge in [-0.1, -0.05) is 6.07 Å². The first kappa shape index (κ1) is 12.4. The summed E-state index contributed by atoms with van der Waals surface area (Å²) in [7, 11) is 0. The predicted molar refractivity (Wildman–Crippen MR) is 79.7 cm³/mol. The van der Waals surface area contributed by atoms with Gasteiger partial charge in [0.1, 0.15) is 0 Å². The van der Waals surface area contributed by atoms with Crippen molar-refractivity contribution in [1.82, 2.24) is 4.57 Å². The van der Waals surface area contributed by atoms with Gasteiger partial charge in [0.15, 0.2) is 0 Å². The van der Waals surface area contributed by atoms with E-state index in [4.69, 9.17) is 0 Å². The van der Waals surface area contributed by atoms with Crippen LogP contribution < -0.4 is 0 Å². The Labute approximate surface area is 121 Å². The number of rotatable bonds is 3. The average Bonchev–Trinajstić information content (AvgIpc) is 2.97. The highest BCUT2D eigenvalue weighted by Gasteiger charge is 2.13. The molecule has 19 heavy (non-hydrogen) atoms. The van der Waals surface area contributed by atoms with Crippen molar-refractivity contribution in [3.63, 3.8) is 0 Å². The fourth-order valence-corrected chi connectivity index (χ4v) is 3.56. The molecule has 0 radical (unpaired) electrons. The molecule has 0 saturated heterocycles. The number of nitro benzene ring substituents is 1. The number of fused-ring (bicyclic) bond motifs is 1. The topological polar surface area (TPSA) is 48.1 Å². The quantitative estimate of drug-likeness (QED) is 0.525. The number of hydrogen-bond acceptors (Lipinski definition) is 3. The molecule has 0 bridgehead atoms. The van der Waals surface area contributed by atoms with E-state index in [0.717, 1.165) is 16.5 Å². The van der Waals surface area contributed by atoms with Crippen LogP contribution in [0.4, 0.5) is 5.69 Å². The van der Waals surface area contributed by atoms with Gasteiger partial charge < -0.3 is 4.57 Å². The first-order chi connectivity index (χ1) is 9.15. The molecule has 3 aromatic rings. The highest BCUT2D eigenvalue weighted by atomic mass is 79.9. The average molecular weight is 337 g/mol. The molecule has 2 heterocycles. The van der Waals surface area contributed by atoms with E-state index in [1.807, 2.05) is 22.2 Å². The minimum Gasteiger partial charge on any atom is -0.342 e. The smallest absolute Gasteiger partial charge is 0.278 e. The third kappa shape index (κ3) is 2.29. The number of thiophene rings is 1. The molecule has 0 atom stereocenters. The summed E-state index contributed by atoms with van der Waals surface area (Å²) in [5.74, 6) is 0. The lowest BCUT2D eigenvalue weighted by atomic mass is 10.2. The standard InChI is InChI=1S/C13H9BrN2O2S/c14-9-6-10(19-8-9)7-15-5-4-11-12(15)2-1-3-13(11)16(17)18/h1-6,8H,7H2. The molecule has 6 heteroatoms. The summed E-state index contributed by atoms with van der Waals surface area (Å²) in [6.07, 6.45) is 1.89. The van der Waals surface area contributed by atoms with E-state index in [1.165, 1.54) is 10.9 Å². The maximum absolute atomic E-state index is 11.0. The molecule has 0 unspecified atom stereocenters. The van der Waals surface area contributed by atoms with E-state index in [2.05, 4.69) is 22.0 Å². The molecule has 0 aliphatic rings. The molecule has 4 nitrogen and oxygen atoms in total. The lowest BCUT2D eigenvalue weighted by molar-refractivity contribution is -0.383. The number of benzene rings is 1. The van der Waals surface area contributed by atoms with Crippen molar-refractivity contribution < 1.29 is 4.92 Å². The van der Waals surface area contributed by atoms with Gasteiger partial charge in [-0.25, -0.2) is 0 Å². The van der Waals surface area contributed by atoms with Gasteiger partial charge in [-0.15, -0.1) is 11.3 Å². The Bertz CT molecular complexity index is 763. The Morgan fingerprint density at radius 1 is 1.37 bits per heavy atom. The zero-order chi connectivity index (χ0) is 13.4. The van der Waals surface area contributed by atoms with E-state index in [-0.39, 0.29) is 10.6 Å². The molecule has 0 aliphatic heterocycles. The molecule has 0 fully saturated rings. The van der Waals surface area contributed by atoms with Gasteiger partial charge in [0.05, 0.1) is 22.4 Å². The fourth-order valence-electron chi connectivity index (χ4n) is 2.11. The van der Waals surface area contributed by atoms with E-state index in [1.54, 1.807) is 23.5 Å². The largest absolute Gasteiger partial charge is 0.342 e. The number of nitro groups is 1. The number of nitrogens with zero attached hydrogens (tertiary/aromatic N) is 2. The number of aromatic nitrogens is 1. The van der Waals surface area contributed by atoms with Crippen LogP contribution in [0, 0.1) is 10.1 Å². The summed E-state index contributed by atoms with van der Waals surface area (Å²) >= 11 is 5.09. The monoisotopic (exact) mass is 336 g/mol. The summed E-state index contributed by atoms with van der Waals surface area (Å²) in [6.45, 7) is 0.723. The van der Waals surface area contributed by atoms with Gasteiger partial charge in [-0.2, -0.15) is 0 Å². The van der Waals surface area contributed by atoms with Gasteiger partial charge in [-0.3, -0.25) is 10.1 Å². The summed E-state index contributed by atoms with van der Waals surface area (Å²) in [5, 5.41) is 13.7. The molecule has 1 aromatic carbocycles. The minimum atomic E-state index is -0.339. The summed E-state index contributed by atoms with van der Waals surface area (Å²) < 4.78 is 3.09. The maximum atomic E-state index is 11.0. The Morgan fingerprint density at radius 2 is 2.21 bits per heavy atom. The second kappa shape index (κ2) is 4.79. The maximum Gasteiger partial charge on any atom is 0.278 e. The number of halogens is 1. The van der Waals surface area contributed by atoms with Crippen molar-refractivity contribution in [2.45, 2.75) is 6.54 Å². The zero-order valence-corrected chi connectivity index (χ0v) is 12.1. The SMILES string of the molecule is O=[N+]([O-])c1cccc2c1ccn2Cc1cc(Br)cs1. The van der Waals surface area contributed by atoms with Crippen molar-refractivity contribution >= 4 is 43.9 Å². The Kier molecular flexibility index (Phi) is 3.12. The second-order valence-corrected chi connectivity index (χ2v) is 6.05. The van der Waals surface area contributed by atoms with Crippen LogP contribution in [0.2, 0.25) is 0 Å². The highest BCUT2D eigenvalue weighted by molar-refractivity contribution is 9.10. The number of hydrogen-bond donors (Lipinski definition) is 0. The van der Waals surface area contributed by atoms with Gasteiger partial charge in [0.25, 0.3) is 5.69 Å². The molecule has 2 aromatic heterocycles. The first-order valence-corrected chi connectivity index (χ1v) is 7.27. The van der Waals surface area contributed by atoms with E-state index in [0.29, 0.717) is 5.39 Å². The molecular weight excluding hydrogens is 328 g/mol. The Morgan fingerprint density at radius 3 is 2.89 bits per heavy atom. The van der Waals surface area contributed by atoms with Crippen LogP contribution in [0.3, 0.4) is 0 Å². The lowest BCUT2D eigenvalue weighted by Crippen LogP contribution is -1.96. The highest BCUT2D eigenvalue weighted by Crippen LogP contribution is 2.28. The van der Waals surface area contributed by atoms with Crippen molar-refractivity contribution in [3.05, 3.63) is 61.4 Å². The summed E-state index contributed by atoms with van der Waals surface area (Å²) in [4.78, 5) is 11.8. The van der Waals surface area contributed by atoms with Crippen LogP contribution in [-0.2, 0) is 6.54 Å². The Hall–Kier alpha value is -1.66. The molecule has 3 rings (SSSR count). The third-order valence-corrected chi connectivity index (χ3v) is 4.62. The molecule has 0 amide bonds. The molecule has 0 aliphatic carbocycles. The Balaban J connectivity index is 2.06. The van der Waals surface area contributed by atoms with Gasteiger partial charge in [0.2, 0.25) is 0 Å². The zero-order valence-electron chi connectivity index (χ0n) is 9.75. The van der Waals surface area contributed by atoms with Crippen molar-refractivity contribution in [1.29, 1.82) is 0 Å². The summed E-state index contributed by atoms with van der Waals surface area (Å²) in [5.41, 5.74) is 1.04. The second-order valence-electron chi connectivity index (χ2n) is 4.14. The normalized spacial score (nSPS) is 11.0. The van der Waals surface area contributed by atoms with Crippen molar-refractivity contribution in [2.24, 2.45) is 0 Å². The van der Waals surface area contributed by atoms with Gasteiger partial charge in [0, 0.05) is 27.0 Å². The van der Waals surface area contributed by atoms with E-state index < -0.39 is 0 Å². The minimum absolute atomic E-state index is 0.156. The van der Waals surface area contributed by atoms with Crippen LogP contribution in [-0.4, -0.2) is 9.49 Å². The molecule has 0 N–H and O–H groups in total. The summed E-state index contributed by atoms with van der Waals surface area (Å²) in [6, 6.07) is 9.03. The number of non-ortho nitro benzene ring substituents is 1. The van der Waals surface area contributed by atoms with Crippen molar-refractivity contribution in [3.8, 4) is 0 Å². The third-order valence-electron chi connectivity index (χ3n) is 2.94. The van der Waals surface area contributed by atoms with Crippen LogP contribution >= 0.6 is 27.3 Å². The fraction of sp³-hybridized carbons (Fsp3) is 0.0769. The molecule has 0 saturated carbocycles. The lowest BCUT2D eigenvalue weighted by Gasteiger charge is -2.03. The first-order valence-electron chi connectivity index (χ1n) is 5.60. The van der Waals surface area contributed by atoms with Crippen LogP contribution in [0.25, 0.3) is 10.9 Å².